The molecule has 14 heteroatoms. The minimum Gasteiger partial charge on any atom is -0.469 e. The summed E-state index contributed by atoms with van der Waals surface area (Å²) < 4.78 is 34.5. The number of esters is 1. The second-order valence-corrected chi connectivity index (χ2v) is 9.21. The van der Waals surface area contributed by atoms with Crippen molar-refractivity contribution in [2.24, 2.45) is 0 Å². The maximum Gasteiger partial charge on any atom is 0.305 e. The quantitative estimate of drug-likeness (QED) is 0.0919. The predicted molar refractivity (Wildman–Crippen MR) is 117 cm³/mol. The van der Waals surface area contributed by atoms with E-state index in [1.807, 2.05) is 0 Å². The van der Waals surface area contributed by atoms with Crippen molar-refractivity contribution in [3.8, 4) is 0 Å². The Morgan fingerprint density at radius 3 is 2.11 bits per heavy atom. The van der Waals surface area contributed by atoms with E-state index in [0.29, 0.717) is 25.7 Å². The Hall–Kier alpha value is -1.04. The van der Waals surface area contributed by atoms with Crippen molar-refractivity contribution in [3.05, 3.63) is 0 Å². The van der Waals surface area contributed by atoms with Crippen LogP contribution in [0.15, 0.2) is 0 Å². The molecule has 11 atom stereocenters. The number of aliphatic hydroxyl groups excluding tert-OH is 8. The fourth-order valence-electron chi connectivity index (χ4n) is 4.42. The lowest BCUT2D eigenvalue weighted by Crippen LogP contribution is -2.69. The van der Waals surface area contributed by atoms with Crippen molar-refractivity contribution in [1.82, 2.24) is 0 Å². The number of aliphatic hydroxyl groups is 8. The van der Waals surface area contributed by atoms with Crippen LogP contribution < -0.4 is 0 Å². The van der Waals surface area contributed by atoms with Gasteiger partial charge in [-0.25, -0.2) is 4.39 Å². The van der Waals surface area contributed by atoms with Crippen molar-refractivity contribution in [3.63, 3.8) is 0 Å². The van der Waals surface area contributed by atoms with Crippen LogP contribution in [0.5, 0.6) is 0 Å². The van der Waals surface area contributed by atoms with Gasteiger partial charge >= 0.3 is 5.97 Å². The molecule has 0 radical (unpaired) electrons. The average Bonchev–Trinajstić information content (AvgIpc) is 2.86. The fraction of sp³-hybridized carbons (Fsp3) is 0.955. The van der Waals surface area contributed by atoms with E-state index in [1.165, 1.54) is 7.11 Å². The first-order valence-electron chi connectivity index (χ1n) is 12.1. The van der Waals surface area contributed by atoms with Crippen molar-refractivity contribution in [2.45, 2.75) is 119 Å². The highest BCUT2D eigenvalue weighted by Gasteiger charge is 2.57. The molecule has 0 aliphatic carbocycles. The lowest BCUT2D eigenvalue weighted by Gasteiger charge is -2.51. The number of hydrogen-bond donors (Lipinski definition) is 8. The van der Waals surface area contributed by atoms with Crippen LogP contribution in [0.1, 0.15) is 51.4 Å². The molecule has 212 valence electrons. The Kier molecular flexibility index (Phi) is 12.3. The number of hydrogen-bond acceptors (Lipinski definition) is 13. The van der Waals surface area contributed by atoms with Gasteiger partial charge in [0.1, 0.15) is 48.8 Å². The van der Waals surface area contributed by atoms with Crippen molar-refractivity contribution in [2.75, 3.05) is 13.7 Å². The second kappa shape index (κ2) is 14.2. The highest BCUT2D eigenvalue weighted by molar-refractivity contribution is 5.68. The van der Waals surface area contributed by atoms with E-state index in [1.54, 1.807) is 0 Å². The fourth-order valence-corrected chi connectivity index (χ4v) is 4.42. The van der Waals surface area contributed by atoms with Gasteiger partial charge in [-0.3, -0.25) is 4.79 Å². The van der Waals surface area contributed by atoms with Crippen LogP contribution in [0.3, 0.4) is 0 Å². The van der Waals surface area contributed by atoms with Crippen LogP contribution >= 0.6 is 0 Å². The molecule has 0 aromatic heterocycles. The van der Waals surface area contributed by atoms with Crippen molar-refractivity contribution >= 4 is 5.97 Å². The summed E-state index contributed by atoms with van der Waals surface area (Å²) in [7, 11) is 1.32. The summed E-state index contributed by atoms with van der Waals surface area (Å²) in [6.07, 6.45) is -15.4. The molecule has 36 heavy (non-hydrogen) atoms. The first kappa shape index (κ1) is 31.2. The number of carbonyl (C=O) groups is 1. The van der Waals surface area contributed by atoms with Crippen LogP contribution in [0.2, 0.25) is 0 Å². The minimum atomic E-state index is -2.75. The standard InChI is InChI=1S/C22H39FO13/c1-33-12(25)8-6-4-2-3-5-7-9-22(19(31)16(29)13(26)11(10-24)35-22)36-21-17(30)14(27)15(28)18(34-21)20(23)32/h11,13-21,24,26-32H,2-10H2,1H3/t11-,13-,14+,15+,16+,17-,18+,19-,20?,21-,22-/m1/s1. The number of rotatable bonds is 13. The zero-order valence-corrected chi connectivity index (χ0v) is 20.1. The molecular weight excluding hydrogens is 491 g/mol. The van der Waals surface area contributed by atoms with Gasteiger partial charge in [0.15, 0.2) is 6.29 Å². The van der Waals surface area contributed by atoms with Crippen LogP contribution in [0.25, 0.3) is 0 Å². The van der Waals surface area contributed by atoms with Crippen molar-refractivity contribution in [1.29, 1.82) is 0 Å². The van der Waals surface area contributed by atoms with E-state index < -0.39 is 73.9 Å². The maximum absolute atomic E-state index is 13.5. The average molecular weight is 531 g/mol. The van der Waals surface area contributed by atoms with Gasteiger partial charge in [0.05, 0.1) is 13.7 Å². The Morgan fingerprint density at radius 1 is 0.917 bits per heavy atom. The van der Waals surface area contributed by atoms with Gasteiger partial charge < -0.3 is 59.8 Å². The molecule has 0 amide bonds. The van der Waals surface area contributed by atoms with E-state index in [2.05, 4.69) is 4.74 Å². The summed E-state index contributed by atoms with van der Waals surface area (Å²) in [5, 5.41) is 80.4. The highest BCUT2D eigenvalue weighted by atomic mass is 19.1. The summed E-state index contributed by atoms with van der Waals surface area (Å²) in [4.78, 5) is 11.1. The van der Waals surface area contributed by atoms with Crippen LogP contribution in [0, 0.1) is 0 Å². The lowest BCUT2D eigenvalue weighted by atomic mass is 9.88. The van der Waals surface area contributed by atoms with Gasteiger partial charge in [-0.2, -0.15) is 0 Å². The second-order valence-electron chi connectivity index (χ2n) is 9.21. The molecule has 2 rings (SSSR count). The SMILES string of the molecule is COC(=O)CCCCCCCC[C@]1(O[C@H]2O[C@H](C(O)F)[C@@H](O)[C@H](O)[C@H]2O)O[C@H](CO)[C@@H](O)[C@H](O)[C@H]1O. The Morgan fingerprint density at radius 2 is 1.53 bits per heavy atom. The molecule has 0 bridgehead atoms. The van der Waals surface area contributed by atoms with Crippen LogP contribution in [-0.4, -0.2) is 128 Å². The third-order valence-corrected chi connectivity index (χ3v) is 6.61. The number of carbonyl (C=O) groups excluding carboxylic acids is 1. The van der Waals surface area contributed by atoms with Gasteiger partial charge in [0.2, 0.25) is 12.1 Å². The molecule has 0 saturated carbocycles. The molecule has 13 nitrogen and oxygen atoms in total. The predicted octanol–water partition coefficient (Wildman–Crippen LogP) is -2.44. The molecular formula is C22H39FO13. The third-order valence-electron chi connectivity index (χ3n) is 6.61. The zero-order valence-electron chi connectivity index (χ0n) is 20.1. The largest absolute Gasteiger partial charge is 0.469 e. The van der Waals surface area contributed by atoms with Gasteiger partial charge in [0.25, 0.3) is 0 Å². The Bertz CT molecular complexity index is 668. The topological polar surface area (TPSA) is 216 Å². The number of ether oxygens (including phenoxy) is 4. The molecule has 2 fully saturated rings. The summed E-state index contributed by atoms with van der Waals surface area (Å²) in [6.45, 7) is -0.766. The Labute approximate surface area is 208 Å². The molecule has 2 heterocycles. The van der Waals surface area contributed by atoms with Gasteiger partial charge in [0, 0.05) is 12.8 Å². The van der Waals surface area contributed by atoms with Crippen LogP contribution in [0.4, 0.5) is 4.39 Å². The van der Waals surface area contributed by atoms with E-state index in [4.69, 9.17) is 14.2 Å². The monoisotopic (exact) mass is 530 g/mol. The lowest BCUT2D eigenvalue weighted by molar-refractivity contribution is -0.428. The summed E-state index contributed by atoms with van der Waals surface area (Å²) >= 11 is 0. The van der Waals surface area contributed by atoms with Crippen LogP contribution in [-0.2, 0) is 23.7 Å². The molecule has 8 N–H and O–H groups in total. The Balaban J connectivity index is 2.09. The number of alkyl halides is 1. The number of halogens is 1. The first-order valence-corrected chi connectivity index (χ1v) is 12.1. The maximum atomic E-state index is 13.5. The smallest absolute Gasteiger partial charge is 0.305 e. The van der Waals surface area contributed by atoms with Gasteiger partial charge in [-0.05, 0) is 12.8 Å². The summed E-state index contributed by atoms with van der Waals surface area (Å²) in [5.74, 6) is -2.46. The molecule has 1 unspecified atom stereocenters. The van der Waals surface area contributed by atoms with E-state index in [-0.39, 0.29) is 12.4 Å². The molecule has 2 aliphatic rings. The molecule has 2 saturated heterocycles. The highest BCUT2D eigenvalue weighted by Crippen LogP contribution is 2.39. The first-order chi connectivity index (χ1) is 17.0. The number of methoxy groups -OCH3 is 1. The summed E-state index contributed by atoms with van der Waals surface area (Å²) in [6, 6.07) is 0. The molecule has 0 spiro atoms. The molecule has 0 aromatic rings. The molecule has 0 aromatic carbocycles. The third kappa shape index (κ3) is 7.51. The van der Waals surface area contributed by atoms with Crippen molar-refractivity contribution < 1.29 is 69.0 Å². The van der Waals surface area contributed by atoms with Gasteiger partial charge in [-0.15, -0.1) is 0 Å². The van der Waals surface area contributed by atoms with E-state index >= 15 is 0 Å². The summed E-state index contributed by atoms with van der Waals surface area (Å²) in [5.41, 5.74) is 0. The minimum absolute atomic E-state index is 0.134. The van der Waals surface area contributed by atoms with E-state index in [9.17, 15) is 50.0 Å². The normalized spacial score (nSPS) is 40.1. The van der Waals surface area contributed by atoms with Gasteiger partial charge in [-0.1, -0.05) is 25.7 Å². The zero-order chi connectivity index (χ0) is 27.0. The number of unbranched alkanes of at least 4 members (excludes halogenated alkanes) is 5. The molecule has 2 aliphatic heterocycles. The van der Waals surface area contributed by atoms with E-state index in [0.717, 1.165) is 19.3 Å².